The average molecular weight is 266 g/mol. The van der Waals surface area contributed by atoms with Crippen LogP contribution >= 0.6 is 0 Å². The molecule has 0 radical (unpaired) electrons. The zero-order valence-electron chi connectivity index (χ0n) is 10.2. The van der Waals surface area contributed by atoms with E-state index in [9.17, 15) is 13.2 Å². The molecule has 0 rings (SSSR count). The van der Waals surface area contributed by atoms with Crippen molar-refractivity contribution < 1.29 is 27.4 Å². The van der Waals surface area contributed by atoms with Crippen molar-refractivity contribution in [3.63, 3.8) is 0 Å². The molecule has 0 spiro atoms. The molecule has 0 fully saturated rings. The van der Waals surface area contributed by atoms with Crippen LogP contribution in [0.1, 0.15) is 20.3 Å². The van der Waals surface area contributed by atoms with E-state index in [2.05, 4.69) is 0 Å². The Bertz CT molecular complexity index is 370. The minimum absolute atomic E-state index is 0.296. The molecule has 0 aromatic carbocycles. The molecule has 0 unspecified atom stereocenters. The highest BCUT2D eigenvalue weighted by atomic mass is 32.2. The maximum absolute atomic E-state index is 10.6. The van der Waals surface area contributed by atoms with Crippen molar-refractivity contribution in [2.24, 2.45) is 0 Å². The third kappa shape index (κ3) is 7.09. The van der Waals surface area contributed by atoms with Gasteiger partial charge in [0.1, 0.15) is 6.20 Å². The van der Waals surface area contributed by atoms with E-state index in [1.54, 1.807) is 6.20 Å². The monoisotopic (exact) mass is 266 g/mol. The minimum atomic E-state index is -3.94. The van der Waals surface area contributed by atoms with Crippen LogP contribution in [-0.2, 0) is 14.9 Å². The fourth-order valence-electron chi connectivity index (χ4n) is 1.61. The van der Waals surface area contributed by atoms with E-state index in [1.165, 1.54) is 0 Å². The number of rotatable bonds is 8. The fourth-order valence-corrected chi connectivity index (χ4v) is 2.10. The Labute approximate surface area is 102 Å². The lowest BCUT2D eigenvalue weighted by Gasteiger charge is -2.32. The van der Waals surface area contributed by atoms with Gasteiger partial charge in [-0.05, 0) is 13.8 Å². The van der Waals surface area contributed by atoms with Crippen LogP contribution < -0.4 is 0 Å². The SMILES string of the molecule is CC[N+](C=CC(=O)O)(CC)CCCS(=O)(=O)O. The zero-order chi connectivity index (χ0) is 13.5. The van der Waals surface area contributed by atoms with Gasteiger partial charge in [0.25, 0.3) is 10.1 Å². The number of quaternary nitrogens is 1. The molecule has 2 N–H and O–H groups in total. The third-order valence-electron chi connectivity index (χ3n) is 2.80. The normalized spacial score (nSPS) is 13.1. The second kappa shape index (κ2) is 6.73. The van der Waals surface area contributed by atoms with Crippen LogP contribution in [0.5, 0.6) is 0 Å². The Hall–Kier alpha value is -0.920. The summed E-state index contributed by atoms with van der Waals surface area (Å²) in [5.74, 6) is -1.32. The second-order valence-corrected chi connectivity index (χ2v) is 5.44. The number of aliphatic carboxylic acids is 1. The molecule has 0 aliphatic rings. The van der Waals surface area contributed by atoms with E-state index in [0.717, 1.165) is 6.08 Å². The van der Waals surface area contributed by atoms with Crippen molar-refractivity contribution in [1.82, 2.24) is 0 Å². The van der Waals surface area contributed by atoms with Crippen molar-refractivity contribution in [2.75, 3.05) is 25.4 Å². The summed E-state index contributed by atoms with van der Waals surface area (Å²) in [6.45, 7) is 5.64. The highest BCUT2D eigenvalue weighted by Crippen LogP contribution is 2.10. The van der Waals surface area contributed by atoms with E-state index in [4.69, 9.17) is 9.66 Å². The highest BCUT2D eigenvalue weighted by Gasteiger charge is 2.21. The Kier molecular flexibility index (Phi) is 6.36. The van der Waals surface area contributed by atoms with Crippen LogP contribution in [0, 0.1) is 0 Å². The quantitative estimate of drug-likeness (QED) is 0.384. The maximum atomic E-state index is 10.6. The summed E-state index contributed by atoms with van der Waals surface area (Å²) >= 11 is 0. The summed E-state index contributed by atoms with van der Waals surface area (Å²) in [6, 6.07) is 0. The molecule has 0 saturated heterocycles. The van der Waals surface area contributed by atoms with Crippen LogP contribution in [0.15, 0.2) is 12.3 Å². The molecule has 0 aromatic heterocycles. The predicted octanol–water partition coefficient (Wildman–Crippen LogP) is 0.719. The Balaban J connectivity index is 4.56. The smallest absolute Gasteiger partial charge is 0.333 e. The molecule has 100 valence electrons. The van der Waals surface area contributed by atoms with E-state index < -0.39 is 16.1 Å². The predicted molar refractivity (Wildman–Crippen MR) is 64.0 cm³/mol. The number of carboxylic acid groups (broad SMARTS) is 1. The molecule has 0 aliphatic heterocycles. The summed E-state index contributed by atoms with van der Waals surface area (Å²) in [5, 5.41) is 8.59. The lowest BCUT2D eigenvalue weighted by atomic mass is 10.3. The number of carboxylic acids is 1. The average Bonchev–Trinajstić information content (AvgIpc) is 2.21. The zero-order valence-corrected chi connectivity index (χ0v) is 11.0. The number of carbonyl (C=O) groups is 1. The van der Waals surface area contributed by atoms with Gasteiger partial charge < -0.3 is 5.11 Å². The van der Waals surface area contributed by atoms with Crippen molar-refractivity contribution in [3.8, 4) is 0 Å². The van der Waals surface area contributed by atoms with E-state index in [0.29, 0.717) is 30.5 Å². The minimum Gasteiger partial charge on any atom is -0.478 e. The molecule has 7 heteroatoms. The van der Waals surface area contributed by atoms with E-state index in [-0.39, 0.29) is 5.75 Å². The van der Waals surface area contributed by atoms with Gasteiger partial charge in [-0.1, -0.05) is 0 Å². The molecule has 6 nitrogen and oxygen atoms in total. The van der Waals surface area contributed by atoms with Crippen LogP contribution in [0.4, 0.5) is 0 Å². The van der Waals surface area contributed by atoms with Gasteiger partial charge in [0.05, 0.1) is 31.5 Å². The van der Waals surface area contributed by atoms with E-state index >= 15 is 0 Å². The first kappa shape index (κ1) is 16.1. The van der Waals surface area contributed by atoms with Crippen LogP contribution in [0.3, 0.4) is 0 Å². The van der Waals surface area contributed by atoms with Crippen LogP contribution in [0.2, 0.25) is 0 Å². The fraction of sp³-hybridized carbons (Fsp3) is 0.700. The molecule has 0 aromatic rings. The number of nitrogens with zero attached hydrogens (tertiary/aromatic N) is 1. The highest BCUT2D eigenvalue weighted by molar-refractivity contribution is 7.85. The topological polar surface area (TPSA) is 91.7 Å². The van der Waals surface area contributed by atoms with Gasteiger partial charge in [0, 0.05) is 6.42 Å². The standard InChI is InChI=1S/C10H19NO5S/c1-3-11(4-2,8-6-10(12)13)7-5-9-17(14,15)16/h6,8H,3-5,7,9H2,1-2H3,(H-,12,13,14,15,16)/p+1. The van der Waals surface area contributed by atoms with Gasteiger partial charge in [0.2, 0.25) is 0 Å². The molecule has 0 bridgehead atoms. The van der Waals surface area contributed by atoms with Gasteiger partial charge in [-0.25, -0.2) is 4.79 Å². The Morgan fingerprint density at radius 2 is 1.82 bits per heavy atom. The van der Waals surface area contributed by atoms with Crippen LogP contribution in [-0.4, -0.2) is 53.9 Å². The van der Waals surface area contributed by atoms with Crippen molar-refractivity contribution in [2.45, 2.75) is 20.3 Å². The molecule has 0 heterocycles. The summed E-state index contributed by atoms with van der Waals surface area (Å²) in [7, 11) is -3.94. The first-order chi connectivity index (χ1) is 7.74. The molecular weight excluding hydrogens is 246 g/mol. The summed E-state index contributed by atoms with van der Waals surface area (Å²) in [4.78, 5) is 10.5. The lowest BCUT2D eigenvalue weighted by molar-refractivity contribution is -0.875. The summed E-state index contributed by atoms with van der Waals surface area (Å²) < 4.78 is 30.2. The largest absolute Gasteiger partial charge is 0.478 e. The third-order valence-corrected chi connectivity index (χ3v) is 3.60. The molecule has 0 saturated carbocycles. The van der Waals surface area contributed by atoms with Gasteiger partial charge in [0.15, 0.2) is 0 Å². The Morgan fingerprint density at radius 1 is 1.29 bits per heavy atom. The Morgan fingerprint density at radius 3 is 2.18 bits per heavy atom. The molecule has 17 heavy (non-hydrogen) atoms. The van der Waals surface area contributed by atoms with Gasteiger partial charge in [-0.3, -0.25) is 9.04 Å². The molecule has 0 amide bonds. The van der Waals surface area contributed by atoms with Crippen molar-refractivity contribution in [1.29, 1.82) is 0 Å². The first-order valence-electron chi connectivity index (χ1n) is 5.48. The molecule has 0 aliphatic carbocycles. The summed E-state index contributed by atoms with van der Waals surface area (Å²) in [5.41, 5.74) is 0. The number of hydrogen-bond donors (Lipinski definition) is 2. The van der Waals surface area contributed by atoms with Crippen molar-refractivity contribution >= 4 is 16.1 Å². The molecule has 0 atom stereocenters. The van der Waals surface area contributed by atoms with Gasteiger partial charge in [-0.2, -0.15) is 8.42 Å². The maximum Gasteiger partial charge on any atom is 0.333 e. The summed E-state index contributed by atoms with van der Waals surface area (Å²) in [6.07, 6.45) is 2.93. The van der Waals surface area contributed by atoms with E-state index in [1.807, 2.05) is 13.8 Å². The van der Waals surface area contributed by atoms with Gasteiger partial charge in [-0.15, -0.1) is 0 Å². The van der Waals surface area contributed by atoms with Gasteiger partial charge >= 0.3 is 5.97 Å². The number of hydrogen-bond acceptors (Lipinski definition) is 3. The lowest BCUT2D eigenvalue weighted by Crippen LogP contribution is -2.43. The first-order valence-corrected chi connectivity index (χ1v) is 7.08. The van der Waals surface area contributed by atoms with Crippen LogP contribution in [0.25, 0.3) is 0 Å². The van der Waals surface area contributed by atoms with Crippen molar-refractivity contribution in [3.05, 3.63) is 12.3 Å². The molecular formula is C10H20NO5S+. The second-order valence-electron chi connectivity index (χ2n) is 3.87.